The Labute approximate surface area is 133 Å². The van der Waals surface area contributed by atoms with E-state index in [-0.39, 0.29) is 11.7 Å². The van der Waals surface area contributed by atoms with Crippen LogP contribution in [0.4, 0.5) is 5.82 Å². The number of nitro groups is 1. The number of rotatable bonds is 5. The zero-order valence-electron chi connectivity index (χ0n) is 11.4. The third-order valence-electron chi connectivity index (χ3n) is 3.00. The summed E-state index contributed by atoms with van der Waals surface area (Å²) < 4.78 is 1.65. The molecule has 7 nitrogen and oxygen atoms in total. The highest BCUT2D eigenvalue weighted by atomic mass is 79.9. The zero-order valence-corrected chi connectivity index (χ0v) is 13.8. The summed E-state index contributed by atoms with van der Waals surface area (Å²) in [4.78, 5) is 23.5. The first kappa shape index (κ1) is 15.6. The molecule has 0 unspecified atom stereocenters. The maximum atomic E-state index is 12.1. The van der Waals surface area contributed by atoms with Gasteiger partial charge < -0.3 is 15.4 Å². The third-order valence-corrected chi connectivity index (χ3v) is 4.80. The van der Waals surface area contributed by atoms with Crippen molar-refractivity contribution in [3.8, 4) is 0 Å². The lowest BCUT2D eigenvalue weighted by molar-refractivity contribution is -0.390. The lowest BCUT2D eigenvalue weighted by Crippen LogP contribution is -2.31. The summed E-state index contributed by atoms with van der Waals surface area (Å²) in [5, 5.41) is 19.5. The van der Waals surface area contributed by atoms with Gasteiger partial charge in [0, 0.05) is 4.88 Å². The van der Waals surface area contributed by atoms with E-state index in [0.29, 0.717) is 16.7 Å². The molecule has 0 saturated carbocycles. The molecule has 0 bridgehead atoms. The van der Waals surface area contributed by atoms with Gasteiger partial charge in [-0.1, -0.05) is 6.07 Å². The molecule has 0 spiro atoms. The molecule has 1 atom stereocenters. The molecule has 0 aliphatic carbocycles. The summed E-state index contributed by atoms with van der Waals surface area (Å²) in [6, 6.07) is 3.21. The molecule has 0 fully saturated rings. The summed E-state index contributed by atoms with van der Waals surface area (Å²) in [6.07, 6.45) is 0. The number of hydrogen-bond donors (Lipinski definition) is 1. The Hall–Kier alpha value is -1.74. The van der Waals surface area contributed by atoms with Crippen LogP contribution in [-0.2, 0) is 11.3 Å². The van der Waals surface area contributed by atoms with Crippen molar-refractivity contribution in [3.05, 3.63) is 42.7 Å². The number of hydrogen-bond acceptors (Lipinski definition) is 5. The van der Waals surface area contributed by atoms with Crippen molar-refractivity contribution < 1.29 is 9.72 Å². The van der Waals surface area contributed by atoms with E-state index in [9.17, 15) is 14.9 Å². The van der Waals surface area contributed by atoms with Crippen LogP contribution >= 0.6 is 27.3 Å². The molecule has 0 saturated heterocycles. The van der Waals surface area contributed by atoms with E-state index in [4.69, 9.17) is 0 Å². The molecule has 0 radical (unpaired) electrons. The monoisotopic (exact) mass is 372 g/mol. The highest BCUT2D eigenvalue weighted by molar-refractivity contribution is 9.10. The van der Waals surface area contributed by atoms with Gasteiger partial charge in [-0.3, -0.25) is 4.79 Å². The van der Waals surface area contributed by atoms with Crippen molar-refractivity contribution in [3.63, 3.8) is 0 Å². The molecule has 1 N–H and O–H groups in total. The molecule has 2 rings (SSSR count). The summed E-state index contributed by atoms with van der Waals surface area (Å²) in [5.41, 5.74) is 0.542. The lowest BCUT2D eigenvalue weighted by Gasteiger charge is -2.10. The topological polar surface area (TPSA) is 90.1 Å². The molecule has 0 aliphatic rings. The first-order valence-electron chi connectivity index (χ1n) is 6.11. The number of carbonyl (C=O) groups is 1. The van der Waals surface area contributed by atoms with Crippen LogP contribution in [0, 0.1) is 17.0 Å². The van der Waals surface area contributed by atoms with Crippen molar-refractivity contribution in [1.29, 1.82) is 0 Å². The normalized spacial score (nSPS) is 12.1. The fraction of sp³-hybridized carbons (Fsp3) is 0.333. The standard InChI is InChI=1S/C12H13BrN4O3S/c1-7-10(13)11(17(19)20)15-16(7)8(2)12(18)14-6-9-4-3-5-21-9/h3-5,8H,6H2,1-2H3,(H,14,18)/t8-/m1/s1. The molecule has 21 heavy (non-hydrogen) atoms. The fourth-order valence-corrected chi connectivity index (χ4v) is 2.87. The largest absolute Gasteiger partial charge is 0.404 e. The Morgan fingerprint density at radius 2 is 2.38 bits per heavy atom. The number of amides is 1. The quantitative estimate of drug-likeness (QED) is 0.645. The minimum atomic E-state index is -0.630. The van der Waals surface area contributed by atoms with Gasteiger partial charge in [0.15, 0.2) is 0 Å². The van der Waals surface area contributed by atoms with Crippen molar-refractivity contribution >= 4 is 39.0 Å². The van der Waals surface area contributed by atoms with Gasteiger partial charge in [-0.15, -0.1) is 11.3 Å². The second kappa shape index (κ2) is 6.35. The van der Waals surface area contributed by atoms with Gasteiger partial charge >= 0.3 is 5.82 Å². The Morgan fingerprint density at radius 1 is 1.67 bits per heavy atom. The number of carbonyl (C=O) groups excluding carboxylic acids is 1. The van der Waals surface area contributed by atoms with Crippen molar-refractivity contribution in [2.24, 2.45) is 0 Å². The van der Waals surface area contributed by atoms with E-state index in [1.54, 1.807) is 25.2 Å². The first-order chi connectivity index (χ1) is 9.91. The minimum Gasteiger partial charge on any atom is -0.358 e. The van der Waals surface area contributed by atoms with Gasteiger partial charge in [-0.05, 0) is 46.1 Å². The maximum absolute atomic E-state index is 12.1. The van der Waals surface area contributed by atoms with Crippen molar-refractivity contribution in [2.45, 2.75) is 26.4 Å². The van der Waals surface area contributed by atoms with Crippen LogP contribution in [0.3, 0.4) is 0 Å². The van der Waals surface area contributed by atoms with E-state index in [1.807, 2.05) is 17.5 Å². The molecule has 0 aliphatic heterocycles. The molecule has 2 heterocycles. The van der Waals surface area contributed by atoms with E-state index in [2.05, 4.69) is 26.3 Å². The molecule has 9 heteroatoms. The van der Waals surface area contributed by atoms with Crippen LogP contribution in [0.25, 0.3) is 0 Å². The molecule has 112 valence electrons. The van der Waals surface area contributed by atoms with Crippen LogP contribution < -0.4 is 5.32 Å². The number of nitrogens with one attached hydrogen (secondary N) is 1. The molecule has 2 aromatic heterocycles. The maximum Gasteiger partial charge on any atom is 0.404 e. The first-order valence-corrected chi connectivity index (χ1v) is 7.78. The highest BCUT2D eigenvalue weighted by Gasteiger charge is 2.29. The second-order valence-electron chi connectivity index (χ2n) is 4.40. The zero-order chi connectivity index (χ0) is 15.6. The molecule has 1 amide bonds. The van der Waals surface area contributed by atoms with Gasteiger partial charge in [0.25, 0.3) is 0 Å². The summed E-state index contributed by atoms with van der Waals surface area (Å²) >= 11 is 4.69. The number of nitrogens with zero attached hydrogens (tertiary/aromatic N) is 3. The molecular formula is C12H13BrN4O3S. The van der Waals surface area contributed by atoms with Gasteiger partial charge in [-0.2, -0.15) is 4.68 Å². The van der Waals surface area contributed by atoms with Crippen molar-refractivity contribution in [2.75, 3.05) is 0 Å². The number of thiophene rings is 1. The van der Waals surface area contributed by atoms with Gasteiger partial charge in [0.1, 0.15) is 10.5 Å². The van der Waals surface area contributed by atoms with E-state index in [1.165, 1.54) is 4.68 Å². The van der Waals surface area contributed by atoms with E-state index in [0.717, 1.165) is 4.88 Å². The summed E-state index contributed by atoms with van der Waals surface area (Å²) in [5.74, 6) is -0.526. The predicted octanol–water partition coefficient (Wildman–Crippen LogP) is 2.80. The summed E-state index contributed by atoms with van der Waals surface area (Å²) in [7, 11) is 0. The third kappa shape index (κ3) is 3.30. The van der Waals surface area contributed by atoms with E-state index < -0.39 is 11.0 Å². The minimum absolute atomic E-state index is 0.239. The smallest absolute Gasteiger partial charge is 0.358 e. The average molecular weight is 373 g/mol. The predicted molar refractivity (Wildman–Crippen MR) is 82.2 cm³/mol. The molecular weight excluding hydrogens is 360 g/mol. The highest BCUT2D eigenvalue weighted by Crippen LogP contribution is 2.29. The van der Waals surface area contributed by atoms with Crippen LogP contribution in [0.1, 0.15) is 23.5 Å². The average Bonchev–Trinajstić information content (AvgIpc) is 3.05. The number of aromatic nitrogens is 2. The van der Waals surface area contributed by atoms with Crippen LogP contribution in [0.5, 0.6) is 0 Å². The SMILES string of the molecule is Cc1c(Br)c([N+](=O)[O-])nn1[C@H](C)C(=O)NCc1cccs1. The Balaban J connectivity index is 2.12. The van der Waals surface area contributed by atoms with Gasteiger partial charge in [0.05, 0.1) is 17.3 Å². The fourth-order valence-electron chi connectivity index (χ4n) is 1.82. The Morgan fingerprint density at radius 3 is 2.90 bits per heavy atom. The van der Waals surface area contributed by atoms with Crippen LogP contribution in [0.2, 0.25) is 0 Å². The summed E-state index contributed by atoms with van der Waals surface area (Å²) in [6.45, 7) is 3.76. The van der Waals surface area contributed by atoms with Crippen LogP contribution in [0.15, 0.2) is 22.0 Å². The van der Waals surface area contributed by atoms with Gasteiger partial charge in [-0.25, -0.2) is 0 Å². The molecule has 0 aromatic carbocycles. The van der Waals surface area contributed by atoms with Crippen LogP contribution in [-0.4, -0.2) is 20.6 Å². The van der Waals surface area contributed by atoms with Crippen molar-refractivity contribution in [1.82, 2.24) is 15.1 Å². The molecule has 2 aromatic rings. The second-order valence-corrected chi connectivity index (χ2v) is 6.22. The van der Waals surface area contributed by atoms with E-state index >= 15 is 0 Å². The van der Waals surface area contributed by atoms with Gasteiger partial charge in [0.2, 0.25) is 5.91 Å². The number of halogens is 1. The lowest BCUT2D eigenvalue weighted by atomic mass is 10.3. The Bertz CT molecular complexity index is 668. The Kier molecular flexibility index (Phi) is 4.73.